The molecule has 0 aromatic rings. The van der Waals surface area contributed by atoms with Crippen molar-refractivity contribution in [1.29, 1.82) is 5.26 Å². The van der Waals surface area contributed by atoms with Gasteiger partial charge in [-0.1, -0.05) is 6.42 Å². The van der Waals surface area contributed by atoms with Gasteiger partial charge in [0.2, 0.25) is 5.60 Å². The van der Waals surface area contributed by atoms with Crippen molar-refractivity contribution in [3.05, 3.63) is 0 Å². The molecular formula is C9H11NO2. The molecule has 0 aromatic heterocycles. The number of nitrogens with zero attached hydrogens (tertiary/aromatic N) is 1. The van der Waals surface area contributed by atoms with Crippen LogP contribution in [0.4, 0.5) is 0 Å². The number of esters is 1. The number of ether oxygens (including phenoxy) is 1. The van der Waals surface area contributed by atoms with Gasteiger partial charge in [-0.15, -0.1) is 0 Å². The zero-order valence-electron chi connectivity index (χ0n) is 7.04. The van der Waals surface area contributed by atoms with E-state index in [2.05, 4.69) is 6.07 Å². The van der Waals surface area contributed by atoms with Crippen LogP contribution in [-0.2, 0) is 9.53 Å². The Morgan fingerprint density at radius 1 is 1.58 bits per heavy atom. The van der Waals surface area contributed by atoms with E-state index in [4.69, 9.17) is 10.00 Å². The number of carbonyl (C=O) groups is 1. The highest BCUT2D eigenvalue weighted by atomic mass is 16.6. The van der Waals surface area contributed by atoms with Crippen molar-refractivity contribution < 1.29 is 9.53 Å². The third-order valence-electron chi connectivity index (χ3n) is 3.00. The molecule has 12 heavy (non-hydrogen) atoms. The lowest BCUT2D eigenvalue weighted by Gasteiger charge is -2.11. The van der Waals surface area contributed by atoms with E-state index in [1.807, 2.05) is 0 Å². The summed E-state index contributed by atoms with van der Waals surface area (Å²) in [5.74, 6) is 0.351. The molecular weight excluding hydrogens is 154 g/mol. The Labute approximate surface area is 71.3 Å². The molecule has 0 bridgehead atoms. The molecule has 1 unspecified atom stereocenters. The molecule has 0 aliphatic heterocycles. The summed E-state index contributed by atoms with van der Waals surface area (Å²) in [6.07, 6.45) is 3.27. The SMILES string of the molecule is CC(=O)OC1(C#N)[C@@H]2CCC[C@@H]21. The normalized spacial score (nSPS) is 43.0. The van der Waals surface area contributed by atoms with Crippen LogP contribution in [-0.4, -0.2) is 11.6 Å². The van der Waals surface area contributed by atoms with Gasteiger partial charge in [-0.25, -0.2) is 0 Å². The molecule has 2 aliphatic rings. The molecule has 0 spiro atoms. The molecule has 2 aliphatic carbocycles. The van der Waals surface area contributed by atoms with Crippen LogP contribution in [0.5, 0.6) is 0 Å². The van der Waals surface area contributed by atoms with E-state index in [-0.39, 0.29) is 5.97 Å². The van der Waals surface area contributed by atoms with Gasteiger partial charge in [-0.3, -0.25) is 4.79 Å². The fraction of sp³-hybridized carbons (Fsp3) is 0.778. The average Bonchev–Trinajstić information content (AvgIpc) is 2.49. The van der Waals surface area contributed by atoms with Crippen LogP contribution in [0.25, 0.3) is 0 Å². The van der Waals surface area contributed by atoms with E-state index in [1.54, 1.807) is 0 Å². The molecule has 3 nitrogen and oxygen atoms in total. The third-order valence-corrected chi connectivity index (χ3v) is 3.00. The van der Waals surface area contributed by atoms with Gasteiger partial charge in [0.05, 0.1) is 0 Å². The number of hydrogen-bond donors (Lipinski definition) is 0. The van der Waals surface area contributed by atoms with Gasteiger partial charge in [0, 0.05) is 18.8 Å². The predicted molar refractivity (Wildman–Crippen MR) is 40.9 cm³/mol. The van der Waals surface area contributed by atoms with Gasteiger partial charge < -0.3 is 4.74 Å². The fourth-order valence-electron chi connectivity index (χ4n) is 2.48. The zero-order valence-corrected chi connectivity index (χ0v) is 7.04. The number of nitriles is 1. The summed E-state index contributed by atoms with van der Waals surface area (Å²) in [7, 11) is 0. The van der Waals surface area contributed by atoms with E-state index in [0.29, 0.717) is 11.8 Å². The standard InChI is InChI=1S/C9H11NO2/c1-6(11)12-9(5-10)7-3-2-4-8(7)9/h7-8H,2-4H2,1H3/t7-,8+,9?. The average molecular weight is 165 g/mol. The van der Waals surface area contributed by atoms with Crippen molar-refractivity contribution in [3.63, 3.8) is 0 Å². The van der Waals surface area contributed by atoms with Crippen LogP contribution >= 0.6 is 0 Å². The Hall–Kier alpha value is -1.04. The summed E-state index contributed by atoms with van der Waals surface area (Å²) in [6.45, 7) is 1.37. The molecule has 3 atom stereocenters. The van der Waals surface area contributed by atoms with Crippen molar-refractivity contribution in [1.82, 2.24) is 0 Å². The zero-order chi connectivity index (χ0) is 8.77. The highest BCUT2D eigenvalue weighted by Gasteiger charge is 2.70. The maximum atomic E-state index is 10.7. The summed E-state index contributed by atoms with van der Waals surface area (Å²) in [5, 5.41) is 8.88. The van der Waals surface area contributed by atoms with Crippen LogP contribution in [0.15, 0.2) is 0 Å². The maximum absolute atomic E-state index is 10.7. The number of hydrogen-bond acceptors (Lipinski definition) is 3. The van der Waals surface area contributed by atoms with Gasteiger partial charge in [0.15, 0.2) is 0 Å². The summed E-state index contributed by atoms with van der Waals surface area (Å²) in [6, 6.07) is 2.14. The van der Waals surface area contributed by atoms with Crippen LogP contribution in [0.3, 0.4) is 0 Å². The molecule has 0 amide bonds. The van der Waals surface area contributed by atoms with E-state index in [9.17, 15) is 4.79 Å². The van der Waals surface area contributed by atoms with Gasteiger partial charge in [0.25, 0.3) is 0 Å². The Kier molecular flexibility index (Phi) is 1.41. The third kappa shape index (κ3) is 0.781. The quantitative estimate of drug-likeness (QED) is 0.549. The Balaban J connectivity index is 2.11. The molecule has 0 N–H and O–H groups in total. The minimum absolute atomic E-state index is 0.328. The molecule has 0 aromatic carbocycles. The molecule has 0 radical (unpaired) electrons. The summed E-state index contributed by atoms with van der Waals surface area (Å²) in [5.41, 5.74) is -0.718. The Bertz CT molecular complexity index is 256. The van der Waals surface area contributed by atoms with E-state index in [1.165, 1.54) is 13.3 Å². The van der Waals surface area contributed by atoms with Crippen molar-refractivity contribution >= 4 is 5.97 Å². The van der Waals surface area contributed by atoms with Crippen LogP contribution in [0.2, 0.25) is 0 Å². The summed E-state index contributed by atoms with van der Waals surface area (Å²) < 4.78 is 5.06. The lowest BCUT2D eigenvalue weighted by Crippen LogP contribution is -2.21. The molecule has 2 fully saturated rings. The van der Waals surface area contributed by atoms with E-state index < -0.39 is 5.60 Å². The maximum Gasteiger partial charge on any atom is 0.304 e. The van der Waals surface area contributed by atoms with Gasteiger partial charge in [-0.2, -0.15) is 5.26 Å². The largest absolute Gasteiger partial charge is 0.443 e. The summed E-state index contributed by atoms with van der Waals surface area (Å²) in [4.78, 5) is 10.7. The van der Waals surface area contributed by atoms with Gasteiger partial charge in [0.1, 0.15) is 6.07 Å². The molecule has 64 valence electrons. The van der Waals surface area contributed by atoms with Gasteiger partial charge in [-0.05, 0) is 12.8 Å². The minimum Gasteiger partial charge on any atom is -0.443 e. The Morgan fingerprint density at radius 3 is 2.58 bits per heavy atom. The number of fused-ring (bicyclic) bond motifs is 1. The Morgan fingerprint density at radius 2 is 2.17 bits per heavy atom. The lowest BCUT2D eigenvalue weighted by atomic mass is 10.1. The lowest BCUT2D eigenvalue weighted by molar-refractivity contribution is -0.147. The van der Waals surface area contributed by atoms with Crippen molar-refractivity contribution in [3.8, 4) is 6.07 Å². The van der Waals surface area contributed by atoms with Crippen LogP contribution in [0, 0.1) is 23.2 Å². The molecule has 0 saturated heterocycles. The highest BCUT2D eigenvalue weighted by Crippen LogP contribution is 2.62. The second kappa shape index (κ2) is 2.22. The molecule has 3 heteroatoms. The first-order valence-electron chi connectivity index (χ1n) is 4.31. The molecule has 2 rings (SSSR count). The fourth-order valence-corrected chi connectivity index (χ4v) is 2.48. The van der Waals surface area contributed by atoms with Crippen LogP contribution < -0.4 is 0 Å². The number of rotatable bonds is 1. The first-order chi connectivity index (χ1) is 5.70. The first-order valence-corrected chi connectivity index (χ1v) is 4.31. The van der Waals surface area contributed by atoms with Gasteiger partial charge >= 0.3 is 5.97 Å². The van der Waals surface area contributed by atoms with E-state index in [0.717, 1.165) is 12.8 Å². The van der Waals surface area contributed by atoms with Crippen molar-refractivity contribution in [2.75, 3.05) is 0 Å². The second-order valence-electron chi connectivity index (χ2n) is 3.64. The second-order valence-corrected chi connectivity index (χ2v) is 3.64. The van der Waals surface area contributed by atoms with E-state index >= 15 is 0 Å². The van der Waals surface area contributed by atoms with Crippen LogP contribution in [0.1, 0.15) is 26.2 Å². The molecule has 0 heterocycles. The smallest absolute Gasteiger partial charge is 0.304 e. The predicted octanol–water partition coefficient (Wildman–Crippen LogP) is 1.24. The highest BCUT2D eigenvalue weighted by molar-refractivity contribution is 5.68. The molecule has 2 saturated carbocycles. The van der Waals surface area contributed by atoms with Crippen molar-refractivity contribution in [2.45, 2.75) is 31.8 Å². The minimum atomic E-state index is -0.718. The monoisotopic (exact) mass is 165 g/mol. The summed E-state index contributed by atoms with van der Waals surface area (Å²) >= 11 is 0. The van der Waals surface area contributed by atoms with Crippen molar-refractivity contribution in [2.24, 2.45) is 11.8 Å². The first kappa shape index (κ1) is 7.60. The topological polar surface area (TPSA) is 50.1 Å². The number of carbonyl (C=O) groups excluding carboxylic acids is 1.